The molecule has 0 unspecified atom stereocenters. The summed E-state index contributed by atoms with van der Waals surface area (Å²) in [5.74, 6) is 6.39. The van der Waals surface area contributed by atoms with Gasteiger partial charge in [0.15, 0.2) is 0 Å². The van der Waals surface area contributed by atoms with Crippen LogP contribution in [0.3, 0.4) is 0 Å². The zero-order valence-electron chi connectivity index (χ0n) is 7.94. The minimum atomic E-state index is 0.586. The van der Waals surface area contributed by atoms with E-state index in [1.54, 1.807) is 0 Å². The first-order chi connectivity index (χ1) is 5.93. The van der Waals surface area contributed by atoms with Gasteiger partial charge in [-0.15, -0.1) is 11.8 Å². The van der Waals surface area contributed by atoms with E-state index in [1.165, 1.54) is 25.7 Å². The van der Waals surface area contributed by atoms with Crippen LogP contribution in [0.25, 0.3) is 0 Å². The fourth-order valence-corrected chi connectivity index (χ4v) is 1.09. The summed E-state index contributed by atoms with van der Waals surface area (Å²) in [6.45, 7) is 3.19. The van der Waals surface area contributed by atoms with E-state index in [0.29, 0.717) is 6.10 Å². The van der Waals surface area contributed by atoms with Gasteiger partial charge in [-0.05, 0) is 19.3 Å². The zero-order chi connectivity index (χ0) is 8.65. The molecule has 68 valence electrons. The summed E-state index contributed by atoms with van der Waals surface area (Å²) < 4.78 is 5.11. The van der Waals surface area contributed by atoms with Crippen molar-refractivity contribution in [2.24, 2.45) is 0 Å². The lowest BCUT2D eigenvalue weighted by Crippen LogP contribution is -1.83. The molecule has 1 atom stereocenters. The first-order valence-corrected chi connectivity index (χ1v) is 5.01. The third-order valence-electron chi connectivity index (χ3n) is 2.01. The minimum absolute atomic E-state index is 0.586. The van der Waals surface area contributed by atoms with Crippen molar-refractivity contribution < 1.29 is 4.74 Å². The van der Waals surface area contributed by atoms with Crippen LogP contribution < -0.4 is 0 Å². The number of unbranched alkanes of at least 4 members (excludes halogenated alkanes) is 3. The van der Waals surface area contributed by atoms with Gasteiger partial charge in [-0.2, -0.15) is 0 Å². The highest BCUT2D eigenvalue weighted by molar-refractivity contribution is 4.98. The minimum Gasteiger partial charge on any atom is -0.373 e. The van der Waals surface area contributed by atoms with E-state index in [2.05, 4.69) is 18.8 Å². The Hall–Kier alpha value is -0.480. The van der Waals surface area contributed by atoms with Crippen LogP contribution in [-0.4, -0.2) is 12.7 Å². The number of epoxide rings is 1. The van der Waals surface area contributed by atoms with Crippen molar-refractivity contribution in [1.82, 2.24) is 0 Å². The fraction of sp³-hybridized carbons (Fsp3) is 0.818. The van der Waals surface area contributed by atoms with Crippen molar-refractivity contribution in [3.05, 3.63) is 0 Å². The first kappa shape index (κ1) is 9.61. The Balaban J connectivity index is 1.81. The Kier molecular flexibility index (Phi) is 4.87. The Morgan fingerprint density at radius 3 is 2.50 bits per heavy atom. The number of hydrogen-bond donors (Lipinski definition) is 0. The van der Waals surface area contributed by atoms with Gasteiger partial charge in [0.25, 0.3) is 0 Å². The Bertz CT molecular complexity index is 160. The molecule has 1 heterocycles. The maximum atomic E-state index is 5.11. The largest absolute Gasteiger partial charge is 0.373 e. The highest BCUT2D eigenvalue weighted by Crippen LogP contribution is 2.15. The summed E-state index contributed by atoms with van der Waals surface area (Å²) in [5.41, 5.74) is 0. The lowest BCUT2D eigenvalue weighted by atomic mass is 10.2. The predicted molar refractivity (Wildman–Crippen MR) is 50.9 cm³/mol. The standard InChI is InChI=1S/C11H18O/c1-2-3-4-5-6-7-8-9-11-10-12-11/h11H,2-4,7-10H2,1H3/t11-/m0/s1. The van der Waals surface area contributed by atoms with E-state index in [0.717, 1.165) is 19.4 Å². The molecule has 1 fully saturated rings. The van der Waals surface area contributed by atoms with Crippen molar-refractivity contribution in [3.63, 3.8) is 0 Å². The Morgan fingerprint density at radius 1 is 1.25 bits per heavy atom. The van der Waals surface area contributed by atoms with Gasteiger partial charge in [-0.3, -0.25) is 0 Å². The molecule has 0 radical (unpaired) electrons. The van der Waals surface area contributed by atoms with Gasteiger partial charge in [0, 0.05) is 12.8 Å². The van der Waals surface area contributed by atoms with E-state index < -0.39 is 0 Å². The molecule has 0 spiro atoms. The molecule has 0 bridgehead atoms. The van der Waals surface area contributed by atoms with Crippen molar-refractivity contribution in [2.45, 2.75) is 51.6 Å². The van der Waals surface area contributed by atoms with Crippen LogP contribution in [0, 0.1) is 11.8 Å². The van der Waals surface area contributed by atoms with Crippen LogP contribution in [0.15, 0.2) is 0 Å². The van der Waals surface area contributed by atoms with Crippen molar-refractivity contribution in [2.75, 3.05) is 6.61 Å². The smallest absolute Gasteiger partial charge is 0.0810 e. The predicted octanol–water partition coefficient (Wildman–Crippen LogP) is 2.75. The van der Waals surface area contributed by atoms with E-state index in [4.69, 9.17) is 4.74 Å². The molecule has 1 aliphatic rings. The molecule has 1 rings (SSSR count). The number of ether oxygens (including phenoxy) is 1. The van der Waals surface area contributed by atoms with Crippen LogP contribution in [-0.2, 0) is 4.74 Å². The van der Waals surface area contributed by atoms with Gasteiger partial charge in [0.1, 0.15) is 0 Å². The molecule has 1 nitrogen and oxygen atoms in total. The average molecular weight is 166 g/mol. The maximum Gasteiger partial charge on any atom is 0.0810 e. The molecule has 1 saturated heterocycles. The van der Waals surface area contributed by atoms with Gasteiger partial charge in [-0.25, -0.2) is 0 Å². The second-order valence-corrected chi connectivity index (χ2v) is 3.30. The fourth-order valence-electron chi connectivity index (χ4n) is 1.09. The molecule has 0 aromatic carbocycles. The van der Waals surface area contributed by atoms with Crippen molar-refractivity contribution in [3.8, 4) is 11.8 Å². The maximum absolute atomic E-state index is 5.11. The molecular weight excluding hydrogens is 148 g/mol. The summed E-state index contributed by atoms with van der Waals surface area (Å²) in [4.78, 5) is 0. The zero-order valence-corrected chi connectivity index (χ0v) is 7.94. The molecule has 12 heavy (non-hydrogen) atoms. The topological polar surface area (TPSA) is 12.5 Å². The van der Waals surface area contributed by atoms with Crippen LogP contribution in [0.1, 0.15) is 45.4 Å². The highest BCUT2D eigenvalue weighted by Gasteiger charge is 2.20. The Morgan fingerprint density at radius 2 is 1.92 bits per heavy atom. The molecule has 1 heteroatoms. The van der Waals surface area contributed by atoms with Gasteiger partial charge in [0.2, 0.25) is 0 Å². The second kappa shape index (κ2) is 6.08. The summed E-state index contributed by atoms with van der Waals surface area (Å²) in [7, 11) is 0. The third kappa shape index (κ3) is 5.21. The summed E-state index contributed by atoms with van der Waals surface area (Å²) >= 11 is 0. The van der Waals surface area contributed by atoms with E-state index in [-0.39, 0.29) is 0 Å². The van der Waals surface area contributed by atoms with Crippen LogP contribution >= 0.6 is 0 Å². The van der Waals surface area contributed by atoms with Gasteiger partial charge in [-0.1, -0.05) is 13.3 Å². The average Bonchev–Trinajstić information content (AvgIpc) is 2.87. The monoisotopic (exact) mass is 166 g/mol. The van der Waals surface area contributed by atoms with E-state index in [9.17, 15) is 0 Å². The Labute approximate surface area is 75.5 Å². The van der Waals surface area contributed by atoms with Crippen molar-refractivity contribution in [1.29, 1.82) is 0 Å². The lowest BCUT2D eigenvalue weighted by molar-refractivity contribution is 0.393. The summed E-state index contributed by atoms with van der Waals surface area (Å²) in [6.07, 6.45) is 7.65. The summed E-state index contributed by atoms with van der Waals surface area (Å²) in [6, 6.07) is 0. The van der Waals surface area contributed by atoms with Crippen LogP contribution in [0.2, 0.25) is 0 Å². The molecule has 0 amide bonds. The SMILES string of the molecule is CCCCC#CCCC[C@H]1CO1. The molecule has 0 aliphatic carbocycles. The van der Waals surface area contributed by atoms with Crippen LogP contribution in [0.5, 0.6) is 0 Å². The van der Waals surface area contributed by atoms with Gasteiger partial charge < -0.3 is 4.74 Å². The highest BCUT2D eigenvalue weighted by atomic mass is 16.6. The quantitative estimate of drug-likeness (QED) is 0.347. The first-order valence-electron chi connectivity index (χ1n) is 5.01. The van der Waals surface area contributed by atoms with Gasteiger partial charge >= 0.3 is 0 Å². The molecule has 0 saturated carbocycles. The lowest BCUT2D eigenvalue weighted by Gasteiger charge is -1.88. The second-order valence-electron chi connectivity index (χ2n) is 3.30. The normalized spacial score (nSPS) is 19.9. The van der Waals surface area contributed by atoms with Crippen LogP contribution in [0.4, 0.5) is 0 Å². The third-order valence-corrected chi connectivity index (χ3v) is 2.01. The molecular formula is C11H18O. The summed E-state index contributed by atoms with van der Waals surface area (Å²) in [5, 5.41) is 0. The van der Waals surface area contributed by atoms with Gasteiger partial charge in [0.05, 0.1) is 12.7 Å². The van der Waals surface area contributed by atoms with E-state index >= 15 is 0 Å². The molecule has 0 N–H and O–H groups in total. The van der Waals surface area contributed by atoms with E-state index in [1.807, 2.05) is 0 Å². The molecule has 0 aromatic rings. The molecule has 0 aromatic heterocycles. The number of hydrogen-bond acceptors (Lipinski definition) is 1. The van der Waals surface area contributed by atoms with Crippen molar-refractivity contribution >= 4 is 0 Å². The number of rotatable bonds is 5. The molecule has 1 aliphatic heterocycles.